The van der Waals surface area contributed by atoms with Gasteiger partial charge in [0.15, 0.2) is 0 Å². The average Bonchev–Trinajstić information content (AvgIpc) is 3.11. The fourth-order valence-corrected chi connectivity index (χ4v) is 4.21. The van der Waals surface area contributed by atoms with Crippen LogP contribution in [0.15, 0.2) is 30.5 Å². The molecule has 2 aromatic rings. The molecule has 1 N–H and O–H groups in total. The topological polar surface area (TPSA) is 45.3 Å². The van der Waals surface area contributed by atoms with Gasteiger partial charge in [0.25, 0.3) is 0 Å². The second-order valence-electron chi connectivity index (χ2n) is 7.21. The van der Waals surface area contributed by atoms with Gasteiger partial charge in [-0.3, -0.25) is 4.79 Å². The maximum Gasteiger partial charge on any atom is 0.225 e. The highest BCUT2D eigenvalue weighted by atomic mass is 16.5. The molecule has 4 rings (SSSR count). The predicted molar refractivity (Wildman–Crippen MR) is 101 cm³/mol. The van der Waals surface area contributed by atoms with Crippen LogP contribution in [0, 0.1) is 5.92 Å². The number of aromatic nitrogens is 1. The Kier molecular flexibility index (Phi) is 4.51. The van der Waals surface area contributed by atoms with Gasteiger partial charge in [0.2, 0.25) is 5.91 Å². The number of aromatic amines is 1. The van der Waals surface area contributed by atoms with Gasteiger partial charge in [0.1, 0.15) is 5.75 Å². The van der Waals surface area contributed by atoms with E-state index in [1.54, 1.807) is 7.11 Å². The van der Waals surface area contributed by atoms with E-state index >= 15 is 0 Å². The number of nitrogens with one attached hydrogen (secondary N) is 1. The zero-order valence-corrected chi connectivity index (χ0v) is 14.9. The van der Waals surface area contributed by atoms with Gasteiger partial charge < -0.3 is 14.6 Å². The first-order valence-corrected chi connectivity index (χ1v) is 9.39. The van der Waals surface area contributed by atoms with E-state index in [0.717, 1.165) is 43.6 Å². The van der Waals surface area contributed by atoms with Crippen molar-refractivity contribution in [2.24, 2.45) is 5.92 Å². The maximum atomic E-state index is 12.7. The summed E-state index contributed by atoms with van der Waals surface area (Å²) >= 11 is 0. The second-order valence-corrected chi connectivity index (χ2v) is 7.21. The van der Waals surface area contributed by atoms with E-state index in [1.807, 2.05) is 6.07 Å². The Labute approximate surface area is 148 Å². The van der Waals surface area contributed by atoms with Crippen LogP contribution in [0.2, 0.25) is 0 Å². The maximum absolute atomic E-state index is 12.7. The lowest BCUT2D eigenvalue weighted by atomic mass is 9.87. The van der Waals surface area contributed by atoms with Gasteiger partial charge in [-0.25, -0.2) is 0 Å². The highest BCUT2D eigenvalue weighted by Crippen LogP contribution is 2.32. The summed E-state index contributed by atoms with van der Waals surface area (Å²) in [5.41, 5.74) is 3.68. The molecule has 2 heterocycles. The molecule has 1 aromatic heterocycles. The van der Waals surface area contributed by atoms with Gasteiger partial charge >= 0.3 is 0 Å². The molecule has 1 fully saturated rings. The van der Waals surface area contributed by atoms with Crippen molar-refractivity contribution in [3.05, 3.63) is 36.0 Å². The molecule has 0 atom stereocenters. The number of methoxy groups -OCH3 is 1. The summed E-state index contributed by atoms with van der Waals surface area (Å²) in [6.45, 7) is 1.57. The number of fused-ring (bicyclic) bond motifs is 1. The number of hydrogen-bond donors (Lipinski definition) is 1. The van der Waals surface area contributed by atoms with Gasteiger partial charge in [-0.2, -0.15) is 0 Å². The van der Waals surface area contributed by atoms with Crippen LogP contribution in [0.1, 0.15) is 44.1 Å². The zero-order valence-electron chi connectivity index (χ0n) is 14.9. The van der Waals surface area contributed by atoms with Crippen molar-refractivity contribution in [1.82, 2.24) is 9.88 Å². The van der Waals surface area contributed by atoms with Gasteiger partial charge in [-0.1, -0.05) is 25.3 Å². The summed E-state index contributed by atoms with van der Waals surface area (Å²) < 4.78 is 5.36. The molecule has 0 bridgehead atoms. The van der Waals surface area contributed by atoms with Crippen LogP contribution in [0.4, 0.5) is 0 Å². The number of benzene rings is 1. The Hall–Kier alpha value is -2.23. The van der Waals surface area contributed by atoms with Crippen molar-refractivity contribution >= 4 is 22.4 Å². The summed E-state index contributed by atoms with van der Waals surface area (Å²) in [7, 11) is 1.70. The van der Waals surface area contributed by atoms with Crippen molar-refractivity contribution < 1.29 is 9.53 Å². The lowest BCUT2D eigenvalue weighted by Crippen LogP contribution is -2.39. The van der Waals surface area contributed by atoms with Crippen LogP contribution >= 0.6 is 0 Å². The molecular weight excluding hydrogens is 312 g/mol. The minimum atomic E-state index is 0.265. The normalized spacial score (nSPS) is 19.1. The third-order valence-corrected chi connectivity index (χ3v) is 5.71. The molecule has 132 valence electrons. The van der Waals surface area contributed by atoms with Crippen LogP contribution in [0.3, 0.4) is 0 Å². The van der Waals surface area contributed by atoms with Crippen molar-refractivity contribution in [1.29, 1.82) is 0 Å². The predicted octanol–water partition coefficient (Wildman–Crippen LogP) is 4.37. The largest absolute Gasteiger partial charge is 0.497 e. The summed E-state index contributed by atoms with van der Waals surface area (Å²) in [5, 5.41) is 1.19. The van der Waals surface area contributed by atoms with Crippen LogP contribution in [-0.4, -0.2) is 36.0 Å². The molecule has 25 heavy (non-hydrogen) atoms. The number of hydrogen-bond acceptors (Lipinski definition) is 2. The summed E-state index contributed by atoms with van der Waals surface area (Å²) in [6, 6.07) is 6.12. The number of H-pyrrole nitrogens is 1. The van der Waals surface area contributed by atoms with E-state index in [4.69, 9.17) is 4.74 Å². The molecule has 2 aliphatic rings. The van der Waals surface area contributed by atoms with E-state index in [2.05, 4.69) is 34.3 Å². The summed E-state index contributed by atoms with van der Waals surface area (Å²) in [5.74, 6) is 1.51. The molecule has 1 aromatic carbocycles. The Morgan fingerprint density at radius 1 is 1.24 bits per heavy atom. The number of ether oxygens (including phenoxy) is 1. The van der Waals surface area contributed by atoms with Crippen molar-refractivity contribution in [2.45, 2.75) is 38.5 Å². The first kappa shape index (κ1) is 16.2. The van der Waals surface area contributed by atoms with Gasteiger partial charge in [-0.15, -0.1) is 0 Å². The molecule has 0 unspecified atom stereocenters. The van der Waals surface area contributed by atoms with E-state index in [-0.39, 0.29) is 5.92 Å². The molecule has 4 heteroatoms. The fraction of sp³-hybridized carbons (Fsp3) is 0.476. The molecule has 1 aliphatic carbocycles. The van der Waals surface area contributed by atoms with E-state index in [9.17, 15) is 4.79 Å². The van der Waals surface area contributed by atoms with E-state index < -0.39 is 0 Å². The molecule has 1 amide bonds. The molecule has 1 aliphatic heterocycles. The summed E-state index contributed by atoms with van der Waals surface area (Å²) in [6.07, 6.45) is 11.1. The van der Waals surface area contributed by atoms with Crippen LogP contribution in [0.5, 0.6) is 5.75 Å². The number of carbonyl (C=O) groups excluding carboxylic acids is 1. The highest BCUT2D eigenvalue weighted by molar-refractivity contribution is 5.94. The van der Waals surface area contributed by atoms with Gasteiger partial charge in [0, 0.05) is 41.7 Å². The Morgan fingerprint density at radius 2 is 2.08 bits per heavy atom. The lowest BCUT2D eigenvalue weighted by Gasteiger charge is -2.31. The molecular formula is C21H26N2O2. The lowest BCUT2D eigenvalue weighted by molar-refractivity contribution is -0.136. The SMILES string of the molecule is COc1ccc2[nH]cc(C3=CCN(C(=O)C4CCCCC4)CC3)c2c1. The Balaban J connectivity index is 1.52. The monoisotopic (exact) mass is 338 g/mol. The van der Waals surface area contributed by atoms with Crippen LogP contribution < -0.4 is 4.74 Å². The third-order valence-electron chi connectivity index (χ3n) is 5.71. The average molecular weight is 338 g/mol. The van der Waals surface area contributed by atoms with Crippen LogP contribution in [-0.2, 0) is 4.79 Å². The fourth-order valence-electron chi connectivity index (χ4n) is 4.21. The Bertz CT molecular complexity index is 799. The number of amides is 1. The van der Waals surface area contributed by atoms with Crippen molar-refractivity contribution in [3.8, 4) is 5.75 Å². The minimum absolute atomic E-state index is 0.265. The molecule has 4 nitrogen and oxygen atoms in total. The zero-order chi connectivity index (χ0) is 17.2. The quantitative estimate of drug-likeness (QED) is 0.903. The third kappa shape index (κ3) is 3.17. The molecule has 0 saturated heterocycles. The van der Waals surface area contributed by atoms with Gasteiger partial charge in [0.05, 0.1) is 7.11 Å². The van der Waals surface area contributed by atoms with Crippen LogP contribution in [0.25, 0.3) is 16.5 Å². The standard InChI is InChI=1S/C21H26N2O2/c1-25-17-7-8-20-18(13-17)19(14-22-20)15-9-11-23(12-10-15)21(24)16-5-3-2-4-6-16/h7-9,13-14,16,22H,2-6,10-12H2,1H3. The van der Waals surface area contributed by atoms with E-state index in [1.165, 1.54) is 35.8 Å². The smallest absolute Gasteiger partial charge is 0.225 e. The molecule has 0 spiro atoms. The van der Waals surface area contributed by atoms with Crippen molar-refractivity contribution in [2.75, 3.05) is 20.2 Å². The Morgan fingerprint density at radius 3 is 2.80 bits per heavy atom. The van der Waals surface area contributed by atoms with Gasteiger partial charge in [-0.05, 0) is 43.0 Å². The number of carbonyl (C=O) groups is 1. The van der Waals surface area contributed by atoms with Crippen molar-refractivity contribution in [3.63, 3.8) is 0 Å². The first-order valence-electron chi connectivity index (χ1n) is 9.39. The highest BCUT2D eigenvalue weighted by Gasteiger charge is 2.27. The molecule has 1 saturated carbocycles. The number of rotatable bonds is 3. The summed E-state index contributed by atoms with van der Waals surface area (Å²) in [4.78, 5) is 18.1. The first-order chi connectivity index (χ1) is 12.3. The number of nitrogens with zero attached hydrogens (tertiary/aromatic N) is 1. The molecule has 0 radical (unpaired) electrons. The van der Waals surface area contributed by atoms with E-state index in [0.29, 0.717) is 5.91 Å². The minimum Gasteiger partial charge on any atom is -0.497 e. The second kappa shape index (κ2) is 6.95.